The van der Waals surface area contributed by atoms with Crippen molar-refractivity contribution in [2.24, 2.45) is 0 Å². The molecule has 0 unspecified atom stereocenters. The zero-order valence-electron chi connectivity index (χ0n) is 3.72. The first-order chi connectivity index (χ1) is 3.43. The SMILES string of the molecule is [CH2]Oc1c[nH]cn1. The molecular weight excluding hydrogens is 92.1 g/mol. The number of hydrogen-bond donors (Lipinski definition) is 1. The van der Waals surface area contributed by atoms with E-state index >= 15 is 0 Å². The summed E-state index contributed by atoms with van der Waals surface area (Å²) >= 11 is 0. The van der Waals surface area contributed by atoms with Gasteiger partial charge < -0.3 is 9.72 Å². The normalized spacial score (nSPS) is 8.71. The molecule has 1 aromatic rings. The number of hydrogen-bond acceptors (Lipinski definition) is 2. The molecule has 37 valence electrons. The standard InChI is InChI=1S/C4H5N2O/c1-7-4-2-5-3-6-4/h2-3H,1H2,(H,5,6). The molecule has 0 atom stereocenters. The summed E-state index contributed by atoms with van der Waals surface area (Å²) in [6.07, 6.45) is 3.15. The van der Waals surface area contributed by atoms with Crippen LogP contribution in [-0.4, -0.2) is 9.97 Å². The maximum atomic E-state index is 4.46. The minimum absolute atomic E-state index is 0.514. The smallest absolute Gasteiger partial charge is 0.231 e. The van der Waals surface area contributed by atoms with Crippen molar-refractivity contribution in [3.63, 3.8) is 0 Å². The van der Waals surface area contributed by atoms with Gasteiger partial charge >= 0.3 is 0 Å². The van der Waals surface area contributed by atoms with E-state index < -0.39 is 0 Å². The first kappa shape index (κ1) is 4.18. The van der Waals surface area contributed by atoms with Gasteiger partial charge in [-0.3, -0.25) is 0 Å². The molecule has 0 aliphatic heterocycles. The molecule has 0 aliphatic carbocycles. The highest BCUT2D eigenvalue weighted by atomic mass is 16.5. The first-order valence-electron chi connectivity index (χ1n) is 1.84. The lowest BCUT2D eigenvalue weighted by atomic mass is 10.9. The Morgan fingerprint density at radius 2 is 2.71 bits per heavy atom. The molecule has 1 radical (unpaired) electrons. The largest absolute Gasteiger partial charge is 0.473 e. The van der Waals surface area contributed by atoms with Crippen molar-refractivity contribution in [3.05, 3.63) is 19.6 Å². The van der Waals surface area contributed by atoms with Crippen LogP contribution in [0, 0.1) is 7.11 Å². The molecule has 0 amide bonds. The lowest BCUT2D eigenvalue weighted by Crippen LogP contribution is -1.74. The minimum atomic E-state index is 0.514. The predicted molar refractivity (Wildman–Crippen MR) is 24.6 cm³/mol. The molecule has 0 aliphatic rings. The van der Waals surface area contributed by atoms with Crippen molar-refractivity contribution in [1.29, 1.82) is 0 Å². The number of rotatable bonds is 1. The first-order valence-corrected chi connectivity index (χ1v) is 1.84. The zero-order chi connectivity index (χ0) is 5.11. The summed E-state index contributed by atoms with van der Waals surface area (Å²) in [5, 5.41) is 0. The fraction of sp³-hybridized carbons (Fsp3) is 0. The number of ether oxygens (including phenoxy) is 1. The van der Waals surface area contributed by atoms with Crippen molar-refractivity contribution < 1.29 is 4.74 Å². The van der Waals surface area contributed by atoms with Crippen LogP contribution in [0.1, 0.15) is 0 Å². The van der Waals surface area contributed by atoms with Crippen LogP contribution in [-0.2, 0) is 0 Å². The lowest BCUT2D eigenvalue weighted by Gasteiger charge is -1.83. The molecule has 3 heteroatoms. The van der Waals surface area contributed by atoms with Gasteiger partial charge in [0.2, 0.25) is 5.88 Å². The molecule has 7 heavy (non-hydrogen) atoms. The molecule has 0 aromatic carbocycles. The van der Waals surface area contributed by atoms with Crippen LogP contribution in [0.2, 0.25) is 0 Å². The quantitative estimate of drug-likeness (QED) is 0.556. The number of imidazole rings is 1. The summed E-state index contributed by atoms with van der Waals surface area (Å²) < 4.78 is 4.46. The third kappa shape index (κ3) is 0.707. The average molecular weight is 97.1 g/mol. The van der Waals surface area contributed by atoms with E-state index in [1.54, 1.807) is 6.20 Å². The van der Waals surface area contributed by atoms with Gasteiger partial charge in [-0.2, -0.15) is 0 Å². The van der Waals surface area contributed by atoms with Gasteiger partial charge in [0.15, 0.2) is 0 Å². The van der Waals surface area contributed by atoms with Crippen molar-refractivity contribution in [3.8, 4) is 5.88 Å². The Kier molecular flexibility index (Phi) is 0.978. The lowest BCUT2D eigenvalue weighted by molar-refractivity contribution is 0.456. The van der Waals surface area contributed by atoms with Crippen LogP contribution in [0.5, 0.6) is 5.88 Å². The van der Waals surface area contributed by atoms with E-state index in [2.05, 4.69) is 21.8 Å². The summed E-state index contributed by atoms with van der Waals surface area (Å²) in [5.41, 5.74) is 0. The van der Waals surface area contributed by atoms with Crippen LogP contribution in [0.4, 0.5) is 0 Å². The van der Waals surface area contributed by atoms with Gasteiger partial charge in [-0.15, -0.1) is 0 Å². The molecule has 0 fully saturated rings. The highest BCUT2D eigenvalue weighted by Gasteiger charge is 1.84. The van der Waals surface area contributed by atoms with Gasteiger partial charge in [-0.25, -0.2) is 4.98 Å². The number of nitrogens with zero attached hydrogens (tertiary/aromatic N) is 1. The van der Waals surface area contributed by atoms with Crippen LogP contribution < -0.4 is 4.74 Å². The minimum Gasteiger partial charge on any atom is -0.473 e. The summed E-state index contributed by atoms with van der Waals surface area (Å²) in [6, 6.07) is 0. The number of aromatic amines is 1. The number of H-pyrrole nitrogens is 1. The summed E-state index contributed by atoms with van der Waals surface area (Å²) in [5.74, 6) is 0.514. The second-order valence-corrected chi connectivity index (χ2v) is 1.05. The van der Waals surface area contributed by atoms with E-state index in [-0.39, 0.29) is 0 Å². The van der Waals surface area contributed by atoms with E-state index in [1.807, 2.05) is 0 Å². The van der Waals surface area contributed by atoms with Crippen LogP contribution in [0.25, 0.3) is 0 Å². The van der Waals surface area contributed by atoms with Crippen molar-refractivity contribution in [2.45, 2.75) is 0 Å². The molecule has 0 saturated carbocycles. The van der Waals surface area contributed by atoms with E-state index in [0.717, 1.165) is 0 Å². The molecule has 1 aromatic heterocycles. The number of nitrogens with one attached hydrogen (secondary N) is 1. The average Bonchev–Trinajstić information content (AvgIpc) is 2.14. The summed E-state index contributed by atoms with van der Waals surface area (Å²) in [6.45, 7) is 0. The Hall–Kier alpha value is -0.990. The molecule has 3 nitrogen and oxygen atoms in total. The predicted octanol–water partition coefficient (Wildman–Crippen LogP) is 0.580. The molecular formula is C4H5N2O. The van der Waals surface area contributed by atoms with Gasteiger partial charge in [-0.1, -0.05) is 0 Å². The van der Waals surface area contributed by atoms with E-state index in [4.69, 9.17) is 0 Å². The highest BCUT2D eigenvalue weighted by Crippen LogP contribution is 1.98. The Balaban J connectivity index is 2.76. The van der Waals surface area contributed by atoms with E-state index in [0.29, 0.717) is 5.88 Å². The molecule has 0 bridgehead atoms. The highest BCUT2D eigenvalue weighted by molar-refractivity contribution is 5.00. The Bertz CT molecular complexity index is 124. The van der Waals surface area contributed by atoms with Crippen LogP contribution in [0.15, 0.2) is 12.5 Å². The fourth-order valence-electron chi connectivity index (χ4n) is 0.326. The maximum absolute atomic E-state index is 4.46. The summed E-state index contributed by atoms with van der Waals surface area (Å²) in [4.78, 5) is 6.40. The third-order valence-electron chi connectivity index (χ3n) is 0.621. The van der Waals surface area contributed by atoms with Crippen LogP contribution in [0.3, 0.4) is 0 Å². The Morgan fingerprint density at radius 3 is 3.00 bits per heavy atom. The van der Waals surface area contributed by atoms with Crippen molar-refractivity contribution >= 4 is 0 Å². The third-order valence-corrected chi connectivity index (χ3v) is 0.621. The molecule has 1 N–H and O–H groups in total. The zero-order valence-corrected chi connectivity index (χ0v) is 3.72. The van der Waals surface area contributed by atoms with Crippen molar-refractivity contribution in [1.82, 2.24) is 9.97 Å². The topological polar surface area (TPSA) is 37.9 Å². The number of aromatic nitrogens is 2. The molecule has 0 saturated heterocycles. The molecule has 0 spiro atoms. The Labute approximate surface area is 41.3 Å². The molecule has 1 heterocycles. The van der Waals surface area contributed by atoms with E-state index in [1.165, 1.54) is 6.33 Å². The second-order valence-electron chi connectivity index (χ2n) is 1.05. The maximum Gasteiger partial charge on any atom is 0.231 e. The van der Waals surface area contributed by atoms with Gasteiger partial charge in [0.1, 0.15) is 7.11 Å². The second kappa shape index (κ2) is 1.64. The monoisotopic (exact) mass is 97.0 g/mol. The van der Waals surface area contributed by atoms with Gasteiger partial charge in [0, 0.05) is 0 Å². The fourth-order valence-corrected chi connectivity index (χ4v) is 0.326. The Morgan fingerprint density at radius 1 is 1.86 bits per heavy atom. The summed E-state index contributed by atoms with van der Waals surface area (Å²) in [7, 11) is 3.15. The van der Waals surface area contributed by atoms with Crippen LogP contribution >= 0.6 is 0 Å². The van der Waals surface area contributed by atoms with Crippen molar-refractivity contribution in [2.75, 3.05) is 0 Å². The van der Waals surface area contributed by atoms with Gasteiger partial charge in [0.05, 0.1) is 12.5 Å². The molecule has 1 rings (SSSR count). The van der Waals surface area contributed by atoms with Gasteiger partial charge in [-0.05, 0) is 0 Å². The van der Waals surface area contributed by atoms with Gasteiger partial charge in [0.25, 0.3) is 0 Å². The van der Waals surface area contributed by atoms with E-state index in [9.17, 15) is 0 Å².